The first-order valence-corrected chi connectivity index (χ1v) is 6.97. The van der Waals surface area contributed by atoms with E-state index in [1.165, 1.54) is 6.26 Å². The predicted octanol–water partition coefficient (Wildman–Crippen LogP) is 3.95. The van der Waals surface area contributed by atoms with E-state index in [1.807, 2.05) is 32.0 Å². The number of ether oxygens (including phenoxy) is 2. The van der Waals surface area contributed by atoms with Crippen molar-refractivity contribution in [3.8, 4) is 11.5 Å². The summed E-state index contributed by atoms with van der Waals surface area (Å²) in [4.78, 5) is 4.18. The number of nitrogens with one attached hydrogen (secondary N) is 1. The molecule has 0 unspecified atom stereocenters. The van der Waals surface area contributed by atoms with Crippen LogP contribution >= 0.6 is 11.6 Å². The minimum atomic E-state index is 0.318. The molecule has 0 atom stereocenters. The van der Waals surface area contributed by atoms with Crippen molar-refractivity contribution >= 4 is 23.3 Å². The maximum Gasteiger partial charge on any atom is 0.299 e. The highest BCUT2D eigenvalue weighted by atomic mass is 35.5. The number of rotatable bonds is 7. The van der Waals surface area contributed by atoms with Crippen LogP contribution in [0.25, 0.3) is 0 Å². The zero-order valence-corrected chi connectivity index (χ0v) is 12.2. The molecule has 2 aromatic rings. The third kappa shape index (κ3) is 3.57. The molecular weight excluding hydrogens is 280 g/mol. The van der Waals surface area contributed by atoms with Crippen LogP contribution in [0.15, 0.2) is 28.9 Å². The Kier molecular flexibility index (Phi) is 5.12. The molecule has 0 saturated heterocycles. The van der Waals surface area contributed by atoms with Crippen molar-refractivity contribution in [2.75, 3.05) is 18.5 Å². The second-order valence-corrected chi connectivity index (χ2v) is 4.20. The lowest BCUT2D eigenvalue weighted by atomic mass is 10.2. The molecule has 1 aromatic carbocycles. The summed E-state index contributed by atoms with van der Waals surface area (Å²) in [5.41, 5.74) is 1.49. The van der Waals surface area contributed by atoms with E-state index in [4.69, 9.17) is 25.5 Å². The molecule has 5 nitrogen and oxygen atoms in total. The van der Waals surface area contributed by atoms with Crippen LogP contribution in [0.2, 0.25) is 0 Å². The molecule has 0 aliphatic carbocycles. The number of hydrogen-bond acceptors (Lipinski definition) is 5. The van der Waals surface area contributed by atoms with Crippen LogP contribution in [0, 0.1) is 0 Å². The van der Waals surface area contributed by atoms with Crippen LogP contribution in [0.3, 0.4) is 0 Å². The van der Waals surface area contributed by atoms with Crippen molar-refractivity contribution in [3.05, 3.63) is 30.2 Å². The smallest absolute Gasteiger partial charge is 0.299 e. The molecule has 0 radical (unpaired) electrons. The van der Waals surface area contributed by atoms with Gasteiger partial charge in [0.05, 0.1) is 24.8 Å². The quantitative estimate of drug-likeness (QED) is 0.784. The standard InChI is InChI=1S/C14H17ClN2O3/c1-3-18-12-6-5-10(7-13(12)19-4-2)16-14-17-11(8-15)9-20-14/h5-7,9H,3-4,8H2,1-2H3,(H,16,17). The third-order valence-corrected chi connectivity index (χ3v) is 2.76. The predicted molar refractivity (Wildman–Crippen MR) is 78.1 cm³/mol. The Morgan fingerprint density at radius 3 is 2.60 bits per heavy atom. The Bertz CT molecular complexity index is 557. The molecule has 1 aromatic heterocycles. The molecule has 6 heteroatoms. The van der Waals surface area contributed by atoms with Gasteiger partial charge in [-0.25, -0.2) is 0 Å². The molecule has 1 heterocycles. The van der Waals surface area contributed by atoms with Crippen LogP contribution < -0.4 is 14.8 Å². The number of aromatic nitrogens is 1. The Hall–Kier alpha value is -1.88. The molecule has 2 rings (SSSR count). The monoisotopic (exact) mass is 296 g/mol. The fraction of sp³-hybridized carbons (Fsp3) is 0.357. The fourth-order valence-electron chi connectivity index (χ4n) is 1.68. The van der Waals surface area contributed by atoms with Crippen LogP contribution in [0.4, 0.5) is 11.7 Å². The summed E-state index contributed by atoms with van der Waals surface area (Å²) in [6.45, 7) is 5.02. The van der Waals surface area contributed by atoms with Crippen LogP contribution in [-0.4, -0.2) is 18.2 Å². The van der Waals surface area contributed by atoms with Crippen molar-refractivity contribution in [2.24, 2.45) is 0 Å². The van der Waals surface area contributed by atoms with Gasteiger partial charge in [-0.2, -0.15) is 4.98 Å². The summed E-state index contributed by atoms with van der Waals surface area (Å²) in [5, 5.41) is 3.05. The Labute approximate surface area is 122 Å². The number of nitrogens with zero attached hydrogens (tertiary/aromatic N) is 1. The van der Waals surface area contributed by atoms with Gasteiger partial charge in [0, 0.05) is 11.8 Å². The van der Waals surface area contributed by atoms with Crippen molar-refractivity contribution in [3.63, 3.8) is 0 Å². The molecule has 0 aliphatic heterocycles. The maximum atomic E-state index is 5.68. The van der Waals surface area contributed by atoms with E-state index in [0.29, 0.717) is 42.3 Å². The molecule has 0 amide bonds. The Balaban J connectivity index is 2.17. The van der Waals surface area contributed by atoms with E-state index in [1.54, 1.807) is 0 Å². The lowest BCUT2D eigenvalue weighted by molar-refractivity contribution is 0.288. The zero-order chi connectivity index (χ0) is 14.4. The van der Waals surface area contributed by atoms with Gasteiger partial charge in [-0.15, -0.1) is 11.6 Å². The molecule has 0 spiro atoms. The molecule has 108 valence electrons. The molecule has 0 aliphatic rings. The number of benzene rings is 1. The van der Waals surface area contributed by atoms with Gasteiger partial charge >= 0.3 is 0 Å². The largest absolute Gasteiger partial charge is 0.490 e. The van der Waals surface area contributed by atoms with E-state index in [0.717, 1.165) is 5.69 Å². The highest BCUT2D eigenvalue weighted by Gasteiger charge is 2.08. The van der Waals surface area contributed by atoms with Crippen LogP contribution in [0.5, 0.6) is 11.5 Å². The van der Waals surface area contributed by atoms with Gasteiger partial charge in [0.25, 0.3) is 6.01 Å². The van der Waals surface area contributed by atoms with E-state index in [9.17, 15) is 0 Å². The minimum Gasteiger partial charge on any atom is -0.490 e. The summed E-state index contributed by atoms with van der Waals surface area (Å²) in [7, 11) is 0. The van der Waals surface area contributed by atoms with Gasteiger partial charge in [0.1, 0.15) is 6.26 Å². The first-order chi connectivity index (χ1) is 9.76. The summed E-state index contributed by atoms with van der Waals surface area (Å²) >= 11 is 5.68. The average molecular weight is 297 g/mol. The second kappa shape index (κ2) is 7.05. The lowest BCUT2D eigenvalue weighted by Gasteiger charge is -2.12. The van der Waals surface area contributed by atoms with Gasteiger partial charge in [-0.3, -0.25) is 0 Å². The number of hydrogen-bond donors (Lipinski definition) is 1. The van der Waals surface area contributed by atoms with Crippen LogP contribution in [-0.2, 0) is 5.88 Å². The Morgan fingerprint density at radius 1 is 1.20 bits per heavy atom. The summed E-state index contributed by atoms with van der Waals surface area (Å²) in [6.07, 6.45) is 1.52. The summed E-state index contributed by atoms with van der Waals surface area (Å²) in [6, 6.07) is 5.96. The fourth-order valence-corrected chi connectivity index (χ4v) is 1.80. The van der Waals surface area contributed by atoms with Gasteiger partial charge in [-0.1, -0.05) is 0 Å². The van der Waals surface area contributed by atoms with E-state index in [-0.39, 0.29) is 0 Å². The summed E-state index contributed by atoms with van der Waals surface area (Å²) in [5.74, 6) is 1.72. The van der Waals surface area contributed by atoms with Gasteiger partial charge in [-0.05, 0) is 26.0 Å². The van der Waals surface area contributed by atoms with Crippen LogP contribution in [0.1, 0.15) is 19.5 Å². The van der Waals surface area contributed by atoms with Gasteiger partial charge < -0.3 is 19.2 Å². The number of halogens is 1. The first kappa shape index (κ1) is 14.5. The highest BCUT2D eigenvalue weighted by Crippen LogP contribution is 2.31. The molecule has 0 fully saturated rings. The second-order valence-electron chi connectivity index (χ2n) is 3.93. The highest BCUT2D eigenvalue weighted by molar-refractivity contribution is 6.16. The molecule has 1 N–H and O–H groups in total. The molecule has 0 saturated carbocycles. The van der Waals surface area contributed by atoms with E-state index in [2.05, 4.69) is 10.3 Å². The maximum absolute atomic E-state index is 5.68. The molecular formula is C14H17ClN2O3. The topological polar surface area (TPSA) is 56.5 Å². The van der Waals surface area contributed by atoms with E-state index >= 15 is 0 Å². The zero-order valence-electron chi connectivity index (χ0n) is 11.5. The van der Waals surface area contributed by atoms with Gasteiger partial charge in [0.2, 0.25) is 0 Å². The SMILES string of the molecule is CCOc1ccc(Nc2nc(CCl)co2)cc1OCC. The van der Waals surface area contributed by atoms with Crippen molar-refractivity contribution in [2.45, 2.75) is 19.7 Å². The first-order valence-electron chi connectivity index (χ1n) is 6.43. The normalized spacial score (nSPS) is 10.3. The van der Waals surface area contributed by atoms with Crippen molar-refractivity contribution < 1.29 is 13.9 Å². The number of alkyl halides is 1. The Morgan fingerprint density at radius 2 is 1.95 bits per heavy atom. The third-order valence-electron chi connectivity index (χ3n) is 2.48. The lowest BCUT2D eigenvalue weighted by Crippen LogP contribution is -1.99. The van der Waals surface area contributed by atoms with Gasteiger partial charge in [0.15, 0.2) is 11.5 Å². The molecule has 0 bridgehead atoms. The van der Waals surface area contributed by atoms with Crippen molar-refractivity contribution in [1.82, 2.24) is 4.98 Å². The number of anilines is 2. The van der Waals surface area contributed by atoms with E-state index < -0.39 is 0 Å². The molecule has 20 heavy (non-hydrogen) atoms. The summed E-state index contributed by atoms with van der Waals surface area (Å²) < 4.78 is 16.3. The van der Waals surface area contributed by atoms with Crippen molar-refractivity contribution in [1.29, 1.82) is 0 Å². The number of oxazole rings is 1. The average Bonchev–Trinajstić information content (AvgIpc) is 2.90. The minimum absolute atomic E-state index is 0.318.